The van der Waals surface area contributed by atoms with Gasteiger partial charge in [0.2, 0.25) is 0 Å². The van der Waals surface area contributed by atoms with Crippen LogP contribution >= 0.6 is 0 Å². The molecule has 0 unspecified atom stereocenters. The quantitative estimate of drug-likeness (QED) is 0.620. The van der Waals surface area contributed by atoms with Crippen LogP contribution in [0.1, 0.15) is 15.9 Å². The maximum absolute atomic E-state index is 13.8. The van der Waals surface area contributed by atoms with Crippen molar-refractivity contribution in [1.29, 1.82) is 0 Å². The van der Waals surface area contributed by atoms with Crippen LogP contribution in [0.4, 0.5) is 14.5 Å². The molecule has 1 amide bonds. The Kier molecular flexibility index (Phi) is 5.22. The molecule has 136 valence electrons. The third kappa shape index (κ3) is 3.70. The van der Waals surface area contributed by atoms with E-state index in [-0.39, 0.29) is 5.69 Å². The summed E-state index contributed by atoms with van der Waals surface area (Å²) in [5.74, 6) is -2.43. The highest BCUT2D eigenvalue weighted by atomic mass is 19.1. The lowest BCUT2D eigenvalue weighted by molar-refractivity contribution is -0.385. The molecule has 2 aromatic rings. The highest BCUT2D eigenvalue weighted by Crippen LogP contribution is 2.21. The molecule has 1 fully saturated rings. The zero-order valence-electron chi connectivity index (χ0n) is 13.9. The molecule has 0 bridgehead atoms. The molecule has 0 atom stereocenters. The van der Waals surface area contributed by atoms with Gasteiger partial charge in [0.25, 0.3) is 11.6 Å². The third-order valence-electron chi connectivity index (χ3n) is 4.42. The van der Waals surface area contributed by atoms with Crippen molar-refractivity contribution in [3.63, 3.8) is 0 Å². The second kappa shape index (κ2) is 7.57. The van der Waals surface area contributed by atoms with E-state index in [0.717, 1.165) is 12.1 Å². The van der Waals surface area contributed by atoms with Crippen LogP contribution in [-0.2, 0) is 6.54 Å². The molecular formula is C18H17F2N3O3. The summed E-state index contributed by atoms with van der Waals surface area (Å²) in [7, 11) is 0. The summed E-state index contributed by atoms with van der Waals surface area (Å²) in [6.07, 6.45) is 0. The van der Waals surface area contributed by atoms with E-state index in [2.05, 4.69) is 0 Å². The van der Waals surface area contributed by atoms with Crippen molar-refractivity contribution < 1.29 is 18.5 Å². The summed E-state index contributed by atoms with van der Waals surface area (Å²) in [4.78, 5) is 26.4. The van der Waals surface area contributed by atoms with Crippen molar-refractivity contribution in [2.45, 2.75) is 6.54 Å². The minimum Gasteiger partial charge on any atom is -0.336 e. The first kappa shape index (κ1) is 17.9. The maximum Gasteiger partial charge on any atom is 0.273 e. The summed E-state index contributed by atoms with van der Waals surface area (Å²) in [5, 5.41) is 11.1. The van der Waals surface area contributed by atoms with Gasteiger partial charge in [0.15, 0.2) is 0 Å². The van der Waals surface area contributed by atoms with Crippen molar-refractivity contribution in [2.24, 2.45) is 0 Å². The average molecular weight is 361 g/mol. The van der Waals surface area contributed by atoms with Gasteiger partial charge in [-0.2, -0.15) is 0 Å². The largest absolute Gasteiger partial charge is 0.336 e. The standard InChI is InChI=1S/C18H17F2N3O3/c19-14-5-3-6-15(20)17(14)18(24)22-10-8-21(9-11-22)12-13-4-1-2-7-16(13)23(25)26/h1-7H,8-12H2. The van der Waals surface area contributed by atoms with E-state index in [1.165, 1.54) is 17.0 Å². The molecule has 1 saturated heterocycles. The monoisotopic (exact) mass is 361 g/mol. The molecule has 1 aliphatic rings. The van der Waals surface area contributed by atoms with Crippen LogP contribution in [-0.4, -0.2) is 46.8 Å². The number of hydrogen-bond acceptors (Lipinski definition) is 4. The predicted molar refractivity (Wildman–Crippen MR) is 90.6 cm³/mol. The lowest BCUT2D eigenvalue weighted by atomic mass is 10.1. The molecular weight excluding hydrogens is 344 g/mol. The van der Waals surface area contributed by atoms with Gasteiger partial charge in [-0.25, -0.2) is 8.78 Å². The molecule has 0 saturated carbocycles. The minimum atomic E-state index is -0.877. The van der Waals surface area contributed by atoms with Gasteiger partial charge in [0, 0.05) is 44.4 Å². The number of nitro groups is 1. The normalized spacial score (nSPS) is 15.1. The number of hydrogen-bond donors (Lipinski definition) is 0. The molecule has 0 radical (unpaired) electrons. The second-order valence-electron chi connectivity index (χ2n) is 6.05. The zero-order valence-corrected chi connectivity index (χ0v) is 13.9. The molecule has 0 aliphatic carbocycles. The molecule has 26 heavy (non-hydrogen) atoms. The van der Waals surface area contributed by atoms with Crippen LogP contribution in [0.2, 0.25) is 0 Å². The highest BCUT2D eigenvalue weighted by molar-refractivity contribution is 5.94. The van der Waals surface area contributed by atoms with E-state index < -0.39 is 28.0 Å². The molecule has 1 aliphatic heterocycles. The molecule has 0 spiro atoms. The number of carbonyl (C=O) groups is 1. The van der Waals surface area contributed by atoms with E-state index in [4.69, 9.17) is 0 Å². The maximum atomic E-state index is 13.8. The fraction of sp³-hybridized carbons (Fsp3) is 0.278. The van der Waals surface area contributed by atoms with Crippen LogP contribution in [0.25, 0.3) is 0 Å². The van der Waals surface area contributed by atoms with Crippen LogP contribution in [0, 0.1) is 21.7 Å². The fourth-order valence-corrected chi connectivity index (χ4v) is 3.03. The van der Waals surface area contributed by atoms with Gasteiger partial charge < -0.3 is 4.90 Å². The third-order valence-corrected chi connectivity index (χ3v) is 4.42. The van der Waals surface area contributed by atoms with Crippen LogP contribution in [0.5, 0.6) is 0 Å². The topological polar surface area (TPSA) is 66.7 Å². The number of nitrogens with zero attached hydrogens (tertiary/aromatic N) is 3. The van der Waals surface area contributed by atoms with Gasteiger partial charge in [-0.3, -0.25) is 19.8 Å². The molecule has 6 nitrogen and oxygen atoms in total. The Balaban J connectivity index is 1.65. The predicted octanol–water partition coefficient (Wildman–Crippen LogP) is 2.83. The van der Waals surface area contributed by atoms with Gasteiger partial charge in [0.1, 0.15) is 17.2 Å². The van der Waals surface area contributed by atoms with Crippen LogP contribution < -0.4 is 0 Å². The summed E-state index contributed by atoms with van der Waals surface area (Å²) < 4.78 is 27.6. The number of rotatable bonds is 4. The van der Waals surface area contributed by atoms with Crippen molar-refractivity contribution in [1.82, 2.24) is 9.80 Å². The molecule has 2 aromatic carbocycles. The first-order valence-electron chi connectivity index (χ1n) is 8.15. The van der Waals surface area contributed by atoms with Crippen molar-refractivity contribution >= 4 is 11.6 Å². The van der Waals surface area contributed by atoms with Crippen molar-refractivity contribution in [2.75, 3.05) is 26.2 Å². The number of para-hydroxylation sites is 1. The number of nitro benzene ring substituents is 1. The van der Waals surface area contributed by atoms with Gasteiger partial charge in [-0.1, -0.05) is 24.3 Å². The minimum absolute atomic E-state index is 0.0550. The molecule has 0 aromatic heterocycles. The number of carbonyl (C=O) groups excluding carboxylic acids is 1. The first-order chi connectivity index (χ1) is 12.5. The van der Waals surface area contributed by atoms with Crippen molar-refractivity contribution in [3.8, 4) is 0 Å². The number of halogens is 2. The Morgan fingerprint density at radius 3 is 2.23 bits per heavy atom. The Hall–Kier alpha value is -2.87. The smallest absolute Gasteiger partial charge is 0.273 e. The average Bonchev–Trinajstić information content (AvgIpc) is 2.62. The Morgan fingerprint density at radius 2 is 1.62 bits per heavy atom. The van der Waals surface area contributed by atoms with Crippen LogP contribution in [0.15, 0.2) is 42.5 Å². The fourth-order valence-electron chi connectivity index (χ4n) is 3.03. The van der Waals surface area contributed by atoms with Gasteiger partial charge in [0.05, 0.1) is 4.92 Å². The van der Waals surface area contributed by atoms with E-state index in [1.807, 2.05) is 4.90 Å². The second-order valence-corrected chi connectivity index (χ2v) is 6.05. The van der Waals surface area contributed by atoms with Gasteiger partial charge in [-0.15, -0.1) is 0 Å². The molecule has 3 rings (SSSR count). The lowest BCUT2D eigenvalue weighted by Crippen LogP contribution is -2.48. The van der Waals surface area contributed by atoms with Gasteiger partial charge >= 0.3 is 0 Å². The van der Waals surface area contributed by atoms with E-state index in [0.29, 0.717) is 38.3 Å². The molecule has 1 heterocycles. The summed E-state index contributed by atoms with van der Waals surface area (Å²) >= 11 is 0. The van der Waals surface area contributed by atoms with E-state index in [1.54, 1.807) is 18.2 Å². The SMILES string of the molecule is O=C(c1c(F)cccc1F)N1CCN(Cc2ccccc2[N+](=O)[O-])CC1. The summed E-state index contributed by atoms with van der Waals surface area (Å²) in [6, 6.07) is 9.83. The Bertz CT molecular complexity index is 816. The highest BCUT2D eigenvalue weighted by Gasteiger charge is 2.27. The number of amides is 1. The Labute approximate surface area is 148 Å². The van der Waals surface area contributed by atoms with E-state index in [9.17, 15) is 23.7 Å². The molecule has 0 N–H and O–H groups in total. The van der Waals surface area contributed by atoms with Crippen molar-refractivity contribution in [3.05, 3.63) is 75.3 Å². The molecule has 8 heteroatoms. The summed E-state index contributed by atoms with van der Waals surface area (Å²) in [5.41, 5.74) is 0.108. The zero-order chi connectivity index (χ0) is 18.7. The number of benzene rings is 2. The first-order valence-corrected chi connectivity index (χ1v) is 8.15. The lowest BCUT2D eigenvalue weighted by Gasteiger charge is -2.34. The van der Waals surface area contributed by atoms with Crippen LogP contribution in [0.3, 0.4) is 0 Å². The number of piperazine rings is 1. The van der Waals surface area contributed by atoms with Gasteiger partial charge in [-0.05, 0) is 12.1 Å². The Morgan fingerprint density at radius 1 is 1.00 bits per heavy atom. The summed E-state index contributed by atoms with van der Waals surface area (Å²) in [6.45, 7) is 1.91. The van der Waals surface area contributed by atoms with E-state index >= 15 is 0 Å².